The summed E-state index contributed by atoms with van der Waals surface area (Å²) in [5.74, 6) is 0.658. The third-order valence-corrected chi connectivity index (χ3v) is 4.00. The van der Waals surface area contributed by atoms with Gasteiger partial charge >= 0.3 is 0 Å². The zero-order valence-electron chi connectivity index (χ0n) is 10.4. The van der Waals surface area contributed by atoms with Crippen molar-refractivity contribution in [1.29, 1.82) is 0 Å². The van der Waals surface area contributed by atoms with Crippen LogP contribution in [0.2, 0.25) is 5.02 Å². The highest BCUT2D eigenvalue weighted by Gasteiger charge is 2.23. The molecule has 1 saturated heterocycles. The van der Waals surface area contributed by atoms with Crippen LogP contribution in [0.15, 0.2) is 24.3 Å². The summed E-state index contributed by atoms with van der Waals surface area (Å²) in [6, 6.07) is 8.61. The minimum absolute atomic E-state index is 0.433. The lowest BCUT2D eigenvalue weighted by Crippen LogP contribution is -2.39. The van der Waals surface area contributed by atoms with E-state index >= 15 is 0 Å². The first-order valence-electron chi connectivity index (χ1n) is 6.40. The van der Waals surface area contributed by atoms with Gasteiger partial charge in [0, 0.05) is 17.6 Å². The van der Waals surface area contributed by atoms with Gasteiger partial charge in [0.25, 0.3) is 0 Å². The van der Waals surface area contributed by atoms with Gasteiger partial charge in [-0.25, -0.2) is 0 Å². The maximum atomic E-state index is 6.05. The van der Waals surface area contributed by atoms with Crippen LogP contribution in [-0.2, 0) is 0 Å². The number of nitrogens with two attached hydrogens (primary N) is 1. The number of benzene rings is 1. The van der Waals surface area contributed by atoms with Gasteiger partial charge in [-0.05, 0) is 56.5 Å². The lowest BCUT2D eigenvalue weighted by atomic mass is 9.95. The van der Waals surface area contributed by atoms with Crippen molar-refractivity contribution in [1.82, 2.24) is 4.90 Å². The first-order valence-corrected chi connectivity index (χ1v) is 6.78. The SMILES string of the molecule is CC(c1cccc(Cl)c1)N1CCCC(CN)C1. The second kappa shape index (κ2) is 5.85. The lowest BCUT2D eigenvalue weighted by molar-refractivity contribution is 0.134. The fraction of sp³-hybridized carbons (Fsp3) is 0.571. The molecule has 94 valence electrons. The Hall–Kier alpha value is -0.570. The fourth-order valence-electron chi connectivity index (χ4n) is 2.62. The van der Waals surface area contributed by atoms with Crippen molar-refractivity contribution in [2.75, 3.05) is 19.6 Å². The second-order valence-corrected chi connectivity index (χ2v) is 5.41. The second-order valence-electron chi connectivity index (χ2n) is 4.97. The quantitative estimate of drug-likeness (QED) is 0.896. The average molecular weight is 253 g/mol. The van der Waals surface area contributed by atoms with Gasteiger partial charge in [-0.15, -0.1) is 0 Å². The monoisotopic (exact) mass is 252 g/mol. The molecule has 0 spiro atoms. The van der Waals surface area contributed by atoms with Crippen LogP contribution in [0.4, 0.5) is 0 Å². The largest absolute Gasteiger partial charge is 0.330 e. The van der Waals surface area contributed by atoms with E-state index in [1.54, 1.807) is 0 Å². The van der Waals surface area contributed by atoms with E-state index in [1.807, 2.05) is 12.1 Å². The molecule has 1 aliphatic heterocycles. The van der Waals surface area contributed by atoms with Crippen molar-refractivity contribution in [3.05, 3.63) is 34.9 Å². The molecule has 3 heteroatoms. The molecule has 0 aromatic heterocycles. The third-order valence-electron chi connectivity index (χ3n) is 3.76. The van der Waals surface area contributed by atoms with Crippen LogP contribution in [0.3, 0.4) is 0 Å². The highest BCUT2D eigenvalue weighted by molar-refractivity contribution is 6.30. The summed E-state index contributed by atoms with van der Waals surface area (Å²) in [6.07, 6.45) is 2.53. The molecule has 1 fully saturated rings. The number of piperidine rings is 1. The van der Waals surface area contributed by atoms with E-state index in [4.69, 9.17) is 17.3 Å². The summed E-state index contributed by atoms with van der Waals surface area (Å²) in [5.41, 5.74) is 7.08. The Morgan fingerprint density at radius 1 is 1.53 bits per heavy atom. The van der Waals surface area contributed by atoms with Gasteiger partial charge in [-0.1, -0.05) is 23.7 Å². The van der Waals surface area contributed by atoms with Crippen LogP contribution >= 0.6 is 11.6 Å². The van der Waals surface area contributed by atoms with Crippen LogP contribution < -0.4 is 5.73 Å². The summed E-state index contributed by atoms with van der Waals surface area (Å²) in [6.45, 7) is 5.34. The minimum atomic E-state index is 0.433. The standard InChI is InChI=1S/C14H21ClN2/c1-11(13-5-2-6-14(15)8-13)17-7-3-4-12(9-16)10-17/h2,5-6,8,11-12H,3-4,7,9-10,16H2,1H3. The van der Waals surface area contributed by atoms with Gasteiger partial charge in [0.15, 0.2) is 0 Å². The molecular weight excluding hydrogens is 232 g/mol. The molecule has 1 aromatic rings. The summed E-state index contributed by atoms with van der Waals surface area (Å²) in [5, 5.41) is 0.821. The van der Waals surface area contributed by atoms with E-state index in [1.165, 1.54) is 24.9 Å². The Balaban J connectivity index is 2.06. The molecule has 0 bridgehead atoms. The van der Waals surface area contributed by atoms with Crippen LogP contribution in [0.25, 0.3) is 0 Å². The molecule has 1 aromatic carbocycles. The lowest BCUT2D eigenvalue weighted by Gasteiger charge is -2.36. The smallest absolute Gasteiger partial charge is 0.0409 e. The third kappa shape index (κ3) is 3.21. The highest BCUT2D eigenvalue weighted by Crippen LogP contribution is 2.27. The number of rotatable bonds is 3. The van der Waals surface area contributed by atoms with Crippen molar-refractivity contribution < 1.29 is 0 Å². The predicted molar refractivity (Wildman–Crippen MR) is 73.2 cm³/mol. The van der Waals surface area contributed by atoms with Crippen molar-refractivity contribution in [3.8, 4) is 0 Å². The molecule has 0 aliphatic carbocycles. The van der Waals surface area contributed by atoms with Gasteiger partial charge in [0.2, 0.25) is 0 Å². The number of halogens is 1. The van der Waals surface area contributed by atoms with Crippen LogP contribution in [0.1, 0.15) is 31.4 Å². The number of nitrogens with zero attached hydrogens (tertiary/aromatic N) is 1. The van der Waals surface area contributed by atoms with Gasteiger partial charge < -0.3 is 5.73 Å². The van der Waals surface area contributed by atoms with E-state index in [2.05, 4.69) is 24.0 Å². The van der Waals surface area contributed by atoms with E-state index in [0.29, 0.717) is 12.0 Å². The Morgan fingerprint density at radius 3 is 3.06 bits per heavy atom. The molecular formula is C14H21ClN2. The molecule has 17 heavy (non-hydrogen) atoms. The average Bonchev–Trinajstić information content (AvgIpc) is 2.38. The Bertz CT molecular complexity index is 367. The predicted octanol–water partition coefficient (Wildman–Crippen LogP) is 3.07. The van der Waals surface area contributed by atoms with Gasteiger partial charge in [0.05, 0.1) is 0 Å². The molecule has 1 aliphatic rings. The van der Waals surface area contributed by atoms with Crippen LogP contribution in [-0.4, -0.2) is 24.5 Å². The van der Waals surface area contributed by atoms with Crippen LogP contribution in [0.5, 0.6) is 0 Å². The normalized spacial score (nSPS) is 23.6. The maximum Gasteiger partial charge on any atom is 0.0409 e. The Morgan fingerprint density at radius 2 is 2.35 bits per heavy atom. The first kappa shape index (κ1) is 12.9. The summed E-state index contributed by atoms with van der Waals surface area (Å²) < 4.78 is 0. The van der Waals surface area contributed by atoms with E-state index < -0.39 is 0 Å². The van der Waals surface area contributed by atoms with E-state index in [0.717, 1.165) is 18.1 Å². The number of hydrogen-bond acceptors (Lipinski definition) is 2. The summed E-state index contributed by atoms with van der Waals surface area (Å²) in [4.78, 5) is 2.52. The first-order chi connectivity index (χ1) is 8.20. The number of hydrogen-bond donors (Lipinski definition) is 1. The van der Waals surface area contributed by atoms with Crippen molar-refractivity contribution in [3.63, 3.8) is 0 Å². The maximum absolute atomic E-state index is 6.05. The molecule has 0 amide bonds. The highest BCUT2D eigenvalue weighted by atomic mass is 35.5. The van der Waals surface area contributed by atoms with Gasteiger partial charge in [0.1, 0.15) is 0 Å². The molecule has 2 rings (SSSR count). The zero-order chi connectivity index (χ0) is 12.3. The molecule has 2 N–H and O–H groups in total. The Labute approximate surface area is 109 Å². The van der Waals surface area contributed by atoms with Gasteiger partial charge in [-0.2, -0.15) is 0 Å². The molecule has 2 nitrogen and oxygen atoms in total. The summed E-state index contributed by atoms with van der Waals surface area (Å²) in [7, 11) is 0. The summed E-state index contributed by atoms with van der Waals surface area (Å²) >= 11 is 6.05. The topological polar surface area (TPSA) is 29.3 Å². The molecule has 0 saturated carbocycles. The molecule has 2 unspecified atom stereocenters. The molecule has 2 atom stereocenters. The van der Waals surface area contributed by atoms with Crippen molar-refractivity contribution in [2.24, 2.45) is 11.7 Å². The van der Waals surface area contributed by atoms with Crippen molar-refractivity contribution in [2.45, 2.75) is 25.8 Å². The van der Waals surface area contributed by atoms with E-state index in [9.17, 15) is 0 Å². The fourth-order valence-corrected chi connectivity index (χ4v) is 2.82. The van der Waals surface area contributed by atoms with Crippen LogP contribution in [0, 0.1) is 5.92 Å². The van der Waals surface area contributed by atoms with Crippen molar-refractivity contribution >= 4 is 11.6 Å². The number of likely N-dealkylation sites (tertiary alicyclic amines) is 1. The molecule has 0 radical (unpaired) electrons. The van der Waals surface area contributed by atoms with E-state index in [-0.39, 0.29) is 0 Å². The zero-order valence-corrected chi connectivity index (χ0v) is 11.2. The molecule has 1 heterocycles. The van der Waals surface area contributed by atoms with Gasteiger partial charge in [-0.3, -0.25) is 4.90 Å². The minimum Gasteiger partial charge on any atom is -0.330 e. The Kier molecular flexibility index (Phi) is 4.43.